The van der Waals surface area contributed by atoms with Gasteiger partial charge in [-0.2, -0.15) is 0 Å². The van der Waals surface area contributed by atoms with E-state index in [1.54, 1.807) is 6.92 Å². The normalized spacial score (nSPS) is 25.4. The van der Waals surface area contributed by atoms with Gasteiger partial charge in [0.05, 0.1) is 0 Å². The molecule has 0 bridgehead atoms. The molecule has 0 spiro atoms. The van der Waals surface area contributed by atoms with Gasteiger partial charge in [-0.05, 0) is 38.5 Å². The Morgan fingerprint density at radius 2 is 2.08 bits per heavy atom. The molecular formula is C10H17NO2. The smallest absolute Gasteiger partial charge is 0.328 e. The molecule has 0 aliphatic heterocycles. The second-order valence-electron chi connectivity index (χ2n) is 3.89. The molecule has 0 saturated heterocycles. The molecule has 0 aromatic carbocycles. The van der Waals surface area contributed by atoms with E-state index in [4.69, 9.17) is 5.11 Å². The van der Waals surface area contributed by atoms with Crippen LogP contribution in [-0.2, 0) is 4.79 Å². The molecule has 1 aliphatic rings. The number of rotatable bonds is 2. The quantitative estimate of drug-likeness (QED) is 0.712. The van der Waals surface area contributed by atoms with Crippen LogP contribution in [0.5, 0.6) is 0 Å². The van der Waals surface area contributed by atoms with Crippen molar-refractivity contribution in [3.8, 4) is 0 Å². The van der Waals surface area contributed by atoms with Gasteiger partial charge in [0.25, 0.3) is 0 Å². The minimum atomic E-state index is -0.828. The number of hydrogen-bond acceptors (Lipinski definition) is 2. The zero-order chi connectivity index (χ0) is 9.84. The lowest BCUT2D eigenvalue weighted by atomic mass is 9.89. The number of nitrogens with zero attached hydrogens (tertiary/aromatic N) is 1. The number of hydrogen-bond donors (Lipinski definition) is 1. The van der Waals surface area contributed by atoms with Gasteiger partial charge in [0.15, 0.2) is 0 Å². The summed E-state index contributed by atoms with van der Waals surface area (Å²) in [5.74, 6) is -0.0507. The maximum absolute atomic E-state index is 10.5. The van der Waals surface area contributed by atoms with Crippen molar-refractivity contribution in [1.82, 2.24) is 0 Å². The fourth-order valence-electron chi connectivity index (χ4n) is 1.55. The summed E-state index contributed by atoms with van der Waals surface area (Å²) >= 11 is 0. The Kier molecular flexibility index (Phi) is 3.46. The van der Waals surface area contributed by atoms with Gasteiger partial charge < -0.3 is 5.11 Å². The fraction of sp³-hybridized carbons (Fsp3) is 0.800. The van der Waals surface area contributed by atoms with Crippen molar-refractivity contribution >= 4 is 11.7 Å². The van der Waals surface area contributed by atoms with Crippen LogP contribution in [-0.4, -0.2) is 22.8 Å². The van der Waals surface area contributed by atoms with Crippen molar-refractivity contribution in [1.29, 1.82) is 0 Å². The summed E-state index contributed by atoms with van der Waals surface area (Å²) in [6.45, 7) is 3.87. The molecule has 3 nitrogen and oxygen atoms in total. The maximum atomic E-state index is 10.5. The van der Waals surface area contributed by atoms with E-state index in [2.05, 4.69) is 11.9 Å². The van der Waals surface area contributed by atoms with Crippen molar-refractivity contribution in [2.75, 3.05) is 0 Å². The van der Waals surface area contributed by atoms with Gasteiger partial charge >= 0.3 is 5.97 Å². The molecule has 3 heteroatoms. The Bertz CT molecular complexity index is 213. The molecule has 1 fully saturated rings. The first-order valence-electron chi connectivity index (χ1n) is 4.88. The predicted molar refractivity (Wildman–Crippen MR) is 52.2 cm³/mol. The average molecular weight is 183 g/mol. The van der Waals surface area contributed by atoms with Crippen LogP contribution in [0.2, 0.25) is 0 Å². The van der Waals surface area contributed by atoms with Crippen molar-refractivity contribution in [3.05, 3.63) is 0 Å². The summed E-state index contributed by atoms with van der Waals surface area (Å²) < 4.78 is 0. The second-order valence-corrected chi connectivity index (χ2v) is 3.89. The van der Waals surface area contributed by atoms with Crippen molar-refractivity contribution < 1.29 is 9.90 Å². The van der Waals surface area contributed by atoms with E-state index < -0.39 is 12.0 Å². The lowest BCUT2D eigenvalue weighted by molar-refractivity contribution is -0.137. The summed E-state index contributed by atoms with van der Waals surface area (Å²) in [4.78, 5) is 14.7. The third-order valence-electron chi connectivity index (χ3n) is 2.59. The highest BCUT2D eigenvalue weighted by Crippen LogP contribution is 2.21. The van der Waals surface area contributed by atoms with E-state index in [0.29, 0.717) is 0 Å². The van der Waals surface area contributed by atoms with Gasteiger partial charge in [0.2, 0.25) is 0 Å². The molecule has 0 radical (unpaired) electrons. The molecule has 0 amide bonds. The van der Waals surface area contributed by atoms with Crippen LogP contribution < -0.4 is 0 Å². The van der Waals surface area contributed by atoms with E-state index in [0.717, 1.165) is 37.3 Å². The fourth-order valence-corrected chi connectivity index (χ4v) is 1.55. The molecule has 13 heavy (non-hydrogen) atoms. The van der Waals surface area contributed by atoms with Crippen LogP contribution >= 0.6 is 0 Å². The highest BCUT2D eigenvalue weighted by molar-refractivity contribution is 5.87. The summed E-state index contributed by atoms with van der Waals surface area (Å²) in [5.41, 5.74) is 1.09. The molecule has 0 unspecified atom stereocenters. The van der Waals surface area contributed by atoms with Gasteiger partial charge in [-0.1, -0.05) is 6.92 Å². The SMILES string of the molecule is CC1CCC(=N[C@@H](C)C(=O)O)CC1. The van der Waals surface area contributed by atoms with E-state index in [1.807, 2.05) is 0 Å². The van der Waals surface area contributed by atoms with Gasteiger partial charge in [0.1, 0.15) is 6.04 Å². The third kappa shape index (κ3) is 3.17. The monoisotopic (exact) mass is 183 g/mol. The van der Waals surface area contributed by atoms with Crippen molar-refractivity contribution in [2.24, 2.45) is 10.9 Å². The van der Waals surface area contributed by atoms with Crippen molar-refractivity contribution in [3.63, 3.8) is 0 Å². The van der Waals surface area contributed by atoms with E-state index in [9.17, 15) is 4.79 Å². The van der Waals surface area contributed by atoms with Crippen LogP contribution in [0.15, 0.2) is 4.99 Å². The number of carbonyl (C=O) groups is 1. The summed E-state index contributed by atoms with van der Waals surface area (Å²) in [7, 11) is 0. The molecule has 1 rings (SSSR count). The van der Waals surface area contributed by atoms with Crippen LogP contribution in [0.1, 0.15) is 39.5 Å². The van der Waals surface area contributed by atoms with Crippen LogP contribution in [0, 0.1) is 5.92 Å². The predicted octanol–water partition coefficient (Wildman–Crippen LogP) is 2.11. The molecule has 0 aromatic rings. The molecule has 0 aromatic heterocycles. The molecule has 1 atom stereocenters. The van der Waals surface area contributed by atoms with Crippen LogP contribution in [0.4, 0.5) is 0 Å². The van der Waals surface area contributed by atoms with Gasteiger partial charge in [-0.3, -0.25) is 4.99 Å². The lowest BCUT2D eigenvalue weighted by Gasteiger charge is -2.19. The minimum Gasteiger partial charge on any atom is -0.480 e. The maximum Gasteiger partial charge on any atom is 0.328 e. The molecule has 0 heterocycles. The van der Waals surface area contributed by atoms with Crippen LogP contribution in [0.3, 0.4) is 0 Å². The van der Waals surface area contributed by atoms with Crippen molar-refractivity contribution in [2.45, 2.75) is 45.6 Å². The highest BCUT2D eigenvalue weighted by atomic mass is 16.4. The first kappa shape index (κ1) is 10.2. The Morgan fingerprint density at radius 1 is 1.54 bits per heavy atom. The average Bonchev–Trinajstić information content (AvgIpc) is 2.08. The first-order chi connectivity index (χ1) is 6.09. The van der Waals surface area contributed by atoms with E-state index in [1.165, 1.54) is 0 Å². The molecule has 1 aliphatic carbocycles. The Balaban J connectivity index is 2.48. The lowest BCUT2D eigenvalue weighted by Crippen LogP contribution is -2.19. The Labute approximate surface area is 78.9 Å². The molecule has 1 saturated carbocycles. The number of aliphatic carboxylic acids is 1. The number of carboxylic acids is 1. The molecular weight excluding hydrogens is 166 g/mol. The standard InChI is InChI=1S/C10H17NO2/c1-7-3-5-9(6-4-7)11-8(2)10(12)13/h7-8H,3-6H2,1-2H3,(H,12,13)/t7?,8-/m0/s1. The minimum absolute atomic E-state index is 0.566. The number of aliphatic imine (C=N–C) groups is 1. The van der Waals surface area contributed by atoms with Gasteiger partial charge in [-0.25, -0.2) is 4.79 Å². The molecule has 1 N–H and O–H groups in total. The second kappa shape index (κ2) is 4.40. The number of carboxylic acid groups (broad SMARTS) is 1. The summed E-state index contributed by atoms with van der Waals surface area (Å²) in [6.07, 6.45) is 4.29. The Morgan fingerprint density at radius 3 is 2.54 bits per heavy atom. The van der Waals surface area contributed by atoms with Crippen LogP contribution in [0.25, 0.3) is 0 Å². The highest BCUT2D eigenvalue weighted by Gasteiger charge is 2.16. The topological polar surface area (TPSA) is 49.7 Å². The third-order valence-corrected chi connectivity index (χ3v) is 2.59. The van der Waals surface area contributed by atoms with Gasteiger partial charge in [0, 0.05) is 5.71 Å². The zero-order valence-corrected chi connectivity index (χ0v) is 8.29. The summed E-state index contributed by atoms with van der Waals surface area (Å²) in [5, 5.41) is 8.66. The molecule has 74 valence electrons. The first-order valence-corrected chi connectivity index (χ1v) is 4.88. The largest absolute Gasteiger partial charge is 0.480 e. The van der Waals surface area contributed by atoms with E-state index >= 15 is 0 Å². The summed E-state index contributed by atoms with van der Waals surface area (Å²) in [6, 6.07) is -0.566. The Hall–Kier alpha value is -0.860. The zero-order valence-electron chi connectivity index (χ0n) is 8.29. The van der Waals surface area contributed by atoms with Gasteiger partial charge in [-0.15, -0.1) is 0 Å². The van der Waals surface area contributed by atoms with E-state index in [-0.39, 0.29) is 0 Å².